The second-order valence-electron chi connectivity index (χ2n) is 8.22. The third kappa shape index (κ3) is 6.58. The second-order valence-corrected chi connectivity index (χ2v) is 8.22. The number of amides is 2. The first kappa shape index (κ1) is 22.3. The summed E-state index contributed by atoms with van der Waals surface area (Å²) < 4.78 is 10.7. The number of aliphatic hydroxyl groups is 1. The van der Waals surface area contributed by atoms with Gasteiger partial charge in [-0.15, -0.1) is 0 Å². The van der Waals surface area contributed by atoms with Crippen molar-refractivity contribution in [3.05, 3.63) is 29.8 Å². The topological polar surface area (TPSA) is 88.1 Å². The van der Waals surface area contributed by atoms with Crippen molar-refractivity contribution in [2.24, 2.45) is 5.41 Å². The van der Waals surface area contributed by atoms with E-state index in [1.165, 1.54) is 0 Å². The Hall–Kier alpha value is -1.96. The van der Waals surface area contributed by atoms with Crippen LogP contribution in [-0.4, -0.2) is 60.8 Å². The third-order valence-corrected chi connectivity index (χ3v) is 4.51. The first-order chi connectivity index (χ1) is 13.2. The molecule has 0 bridgehead atoms. The number of nitrogens with one attached hydrogen (secondary N) is 1. The molecule has 1 fully saturated rings. The molecule has 7 nitrogen and oxygen atoms in total. The van der Waals surface area contributed by atoms with E-state index in [0.29, 0.717) is 37.4 Å². The molecular formula is C21H32N2O5. The maximum Gasteiger partial charge on any atom is 0.249 e. The number of morpholine rings is 1. The van der Waals surface area contributed by atoms with Gasteiger partial charge in [-0.3, -0.25) is 9.59 Å². The van der Waals surface area contributed by atoms with Gasteiger partial charge in [0.1, 0.15) is 12.7 Å². The lowest BCUT2D eigenvalue weighted by Gasteiger charge is -2.38. The van der Waals surface area contributed by atoms with E-state index in [1.54, 1.807) is 29.2 Å². The summed E-state index contributed by atoms with van der Waals surface area (Å²) >= 11 is 0. The van der Waals surface area contributed by atoms with Crippen LogP contribution in [-0.2, 0) is 19.1 Å². The summed E-state index contributed by atoms with van der Waals surface area (Å²) in [5, 5.41) is 13.7. The second kappa shape index (κ2) is 10.0. The van der Waals surface area contributed by atoms with Crippen molar-refractivity contribution < 1.29 is 24.2 Å². The Morgan fingerprint density at radius 1 is 1.36 bits per heavy atom. The molecule has 2 rings (SSSR count). The Bertz CT molecular complexity index is 654. The summed E-state index contributed by atoms with van der Waals surface area (Å²) in [6.07, 6.45) is -0.460. The largest absolute Gasteiger partial charge is 0.386 e. The average molecular weight is 392 g/mol. The molecule has 28 heavy (non-hydrogen) atoms. The lowest BCUT2D eigenvalue weighted by Crippen LogP contribution is -2.53. The number of carbonyl (C=O) groups is 2. The molecule has 0 aliphatic carbocycles. The minimum Gasteiger partial charge on any atom is -0.386 e. The van der Waals surface area contributed by atoms with E-state index in [9.17, 15) is 14.7 Å². The van der Waals surface area contributed by atoms with Gasteiger partial charge in [0.25, 0.3) is 0 Å². The fourth-order valence-electron chi connectivity index (χ4n) is 3.16. The van der Waals surface area contributed by atoms with Gasteiger partial charge in [0.05, 0.1) is 19.3 Å². The van der Waals surface area contributed by atoms with Crippen LogP contribution < -0.4 is 5.32 Å². The number of ether oxygens (including phenoxy) is 2. The minimum atomic E-state index is -0.884. The van der Waals surface area contributed by atoms with Gasteiger partial charge < -0.3 is 24.8 Å². The maximum absolute atomic E-state index is 12.2. The first-order valence-corrected chi connectivity index (χ1v) is 9.74. The smallest absolute Gasteiger partial charge is 0.249 e. The summed E-state index contributed by atoms with van der Waals surface area (Å²) in [7, 11) is 0. The number of aliphatic hydroxyl groups excluding tert-OH is 1. The van der Waals surface area contributed by atoms with Crippen LogP contribution in [0.1, 0.15) is 45.8 Å². The number of nitrogens with zero attached hydrogens (tertiary/aromatic N) is 1. The number of benzene rings is 1. The molecule has 0 radical (unpaired) electrons. The van der Waals surface area contributed by atoms with Crippen molar-refractivity contribution in [3.8, 4) is 0 Å². The lowest BCUT2D eigenvalue weighted by molar-refractivity contribution is -0.155. The summed E-state index contributed by atoms with van der Waals surface area (Å²) in [5.41, 5.74) is 1.26. The zero-order valence-electron chi connectivity index (χ0n) is 17.2. The highest BCUT2D eigenvalue weighted by molar-refractivity contribution is 5.91. The monoisotopic (exact) mass is 392 g/mol. The molecule has 0 aromatic heterocycles. The van der Waals surface area contributed by atoms with Gasteiger partial charge in [-0.05, 0) is 30.0 Å². The van der Waals surface area contributed by atoms with Gasteiger partial charge in [0, 0.05) is 25.3 Å². The first-order valence-electron chi connectivity index (χ1n) is 9.74. The van der Waals surface area contributed by atoms with Crippen molar-refractivity contribution in [2.45, 2.75) is 46.3 Å². The number of anilines is 1. The van der Waals surface area contributed by atoms with E-state index in [1.807, 2.05) is 27.7 Å². The van der Waals surface area contributed by atoms with Crippen LogP contribution in [0.15, 0.2) is 24.3 Å². The maximum atomic E-state index is 12.2. The van der Waals surface area contributed by atoms with Crippen LogP contribution in [0, 0.1) is 5.41 Å². The molecule has 2 unspecified atom stereocenters. The number of carbonyl (C=O) groups excluding carboxylic acids is 2. The summed E-state index contributed by atoms with van der Waals surface area (Å²) in [4.78, 5) is 25.9. The molecule has 1 aromatic rings. The molecule has 1 aromatic carbocycles. The predicted octanol–water partition coefficient (Wildman–Crippen LogP) is 2.36. The van der Waals surface area contributed by atoms with Gasteiger partial charge in [-0.2, -0.15) is 0 Å². The van der Waals surface area contributed by atoms with Crippen molar-refractivity contribution >= 4 is 17.5 Å². The van der Waals surface area contributed by atoms with Crippen LogP contribution in [0.3, 0.4) is 0 Å². The number of rotatable bonds is 8. The van der Waals surface area contributed by atoms with Crippen molar-refractivity contribution in [1.29, 1.82) is 0 Å². The average Bonchev–Trinajstić information content (AvgIpc) is 2.61. The van der Waals surface area contributed by atoms with Crippen LogP contribution in [0.2, 0.25) is 0 Å². The Morgan fingerprint density at radius 2 is 2.04 bits per heavy atom. The summed E-state index contributed by atoms with van der Waals surface area (Å²) in [5.74, 6) is -0.199. The van der Waals surface area contributed by atoms with Crippen molar-refractivity contribution in [3.63, 3.8) is 0 Å². The van der Waals surface area contributed by atoms with Crippen molar-refractivity contribution in [1.82, 2.24) is 4.90 Å². The summed E-state index contributed by atoms with van der Waals surface area (Å²) in [6, 6.07) is 6.57. The van der Waals surface area contributed by atoms with Gasteiger partial charge in [0.2, 0.25) is 11.8 Å². The predicted molar refractivity (Wildman–Crippen MR) is 107 cm³/mol. The number of hydrogen-bond acceptors (Lipinski definition) is 5. The molecule has 1 saturated heterocycles. The zero-order chi connectivity index (χ0) is 20.7. The van der Waals surface area contributed by atoms with E-state index >= 15 is 0 Å². The molecule has 1 aliphatic heterocycles. The van der Waals surface area contributed by atoms with Gasteiger partial charge in [-0.1, -0.05) is 32.9 Å². The molecule has 2 amide bonds. The van der Waals surface area contributed by atoms with E-state index in [0.717, 1.165) is 0 Å². The lowest BCUT2D eigenvalue weighted by atomic mass is 9.92. The SMILES string of the molecule is CCOCCN1C(=O)COCC1C(O)c1ccc(NC(=O)CC(C)(C)C)cc1. The van der Waals surface area contributed by atoms with E-state index in [2.05, 4.69) is 5.32 Å². The fraction of sp³-hybridized carbons (Fsp3) is 0.619. The third-order valence-electron chi connectivity index (χ3n) is 4.51. The molecule has 1 aliphatic rings. The Labute approximate surface area is 167 Å². The van der Waals surface area contributed by atoms with E-state index in [-0.39, 0.29) is 30.4 Å². The number of hydrogen-bond donors (Lipinski definition) is 2. The quantitative estimate of drug-likeness (QED) is 0.663. The summed E-state index contributed by atoms with van der Waals surface area (Å²) in [6.45, 7) is 9.63. The fourth-order valence-corrected chi connectivity index (χ4v) is 3.16. The van der Waals surface area contributed by atoms with Crippen LogP contribution in [0.4, 0.5) is 5.69 Å². The van der Waals surface area contributed by atoms with Gasteiger partial charge in [0.15, 0.2) is 0 Å². The van der Waals surface area contributed by atoms with E-state index in [4.69, 9.17) is 9.47 Å². The van der Waals surface area contributed by atoms with E-state index < -0.39 is 12.1 Å². The molecule has 0 saturated carbocycles. The normalized spacial score (nSPS) is 18.8. The molecule has 7 heteroatoms. The standard InChI is InChI=1S/C21H32N2O5/c1-5-27-11-10-23-17(13-28-14-19(23)25)20(26)15-6-8-16(9-7-15)22-18(24)12-21(2,3)4/h6-9,17,20,26H,5,10-14H2,1-4H3,(H,22,24). The molecule has 0 spiro atoms. The molecule has 156 valence electrons. The molecule has 2 N–H and O–H groups in total. The van der Waals surface area contributed by atoms with Crippen molar-refractivity contribution in [2.75, 3.05) is 38.3 Å². The van der Waals surface area contributed by atoms with Crippen LogP contribution in [0.25, 0.3) is 0 Å². The van der Waals surface area contributed by atoms with Gasteiger partial charge >= 0.3 is 0 Å². The Kier molecular flexibility index (Phi) is 7.98. The molecule has 2 atom stereocenters. The highest BCUT2D eigenvalue weighted by atomic mass is 16.5. The minimum absolute atomic E-state index is 0.0219. The Morgan fingerprint density at radius 3 is 2.64 bits per heavy atom. The van der Waals surface area contributed by atoms with Crippen LogP contribution >= 0.6 is 0 Å². The highest BCUT2D eigenvalue weighted by Crippen LogP contribution is 2.26. The molecule has 1 heterocycles. The Balaban J connectivity index is 2.02. The highest BCUT2D eigenvalue weighted by Gasteiger charge is 2.34. The molecular weight excluding hydrogens is 360 g/mol. The van der Waals surface area contributed by atoms with Gasteiger partial charge in [-0.25, -0.2) is 0 Å². The van der Waals surface area contributed by atoms with Crippen LogP contribution in [0.5, 0.6) is 0 Å². The zero-order valence-corrected chi connectivity index (χ0v) is 17.2.